The van der Waals surface area contributed by atoms with Crippen LogP contribution >= 0.6 is 0 Å². The number of nitrogens with zero attached hydrogens (tertiary/aromatic N) is 3. The van der Waals surface area contributed by atoms with Gasteiger partial charge in [0, 0.05) is 23.9 Å². The Kier molecular flexibility index (Phi) is 4.92. The summed E-state index contributed by atoms with van der Waals surface area (Å²) in [6, 6.07) is 3.08. The van der Waals surface area contributed by atoms with Gasteiger partial charge in [-0.3, -0.25) is 0 Å². The maximum atomic E-state index is 11.9. The molecule has 0 aliphatic rings. The Hall–Kier alpha value is -2.52. The summed E-state index contributed by atoms with van der Waals surface area (Å²) < 4.78 is 39.4. The molecule has 0 fully saturated rings. The molecular formula is C11H8F3N3O2. The Bertz CT molecular complexity index is 555. The molecule has 0 atom stereocenters. The van der Waals surface area contributed by atoms with E-state index in [0.29, 0.717) is 0 Å². The Morgan fingerprint density at radius 1 is 1.42 bits per heavy atom. The lowest BCUT2D eigenvalue weighted by molar-refractivity contribution is -0.274. The van der Waals surface area contributed by atoms with E-state index in [1.807, 2.05) is 0 Å². The minimum atomic E-state index is -4.81. The van der Waals surface area contributed by atoms with Crippen molar-refractivity contribution in [2.45, 2.75) is 12.8 Å². The first-order valence-corrected chi connectivity index (χ1v) is 5.01. The van der Waals surface area contributed by atoms with Crippen molar-refractivity contribution in [2.24, 2.45) is 5.11 Å². The van der Waals surface area contributed by atoms with Crippen LogP contribution in [-0.4, -0.2) is 18.0 Å². The zero-order valence-electron chi connectivity index (χ0n) is 9.48. The highest BCUT2D eigenvalue weighted by atomic mass is 19.4. The Morgan fingerprint density at radius 2 is 2.16 bits per heavy atom. The number of halogens is 3. The zero-order chi connectivity index (χ0) is 14.3. The Labute approximate surface area is 106 Å². The molecule has 0 saturated heterocycles. The zero-order valence-corrected chi connectivity index (χ0v) is 9.48. The van der Waals surface area contributed by atoms with Gasteiger partial charge < -0.3 is 9.84 Å². The fourth-order valence-electron chi connectivity index (χ4n) is 1.12. The number of phenols is 1. The quantitative estimate of drug-likeness (QED) is 0.301. The molecule has 1 aromatic carbocycles. The molecule has 100 valence electrons. The molecule has 0 bridgehead atoms. The lowest BCUT2D eigenvalue weighted by Crippen LogP contribution is -2.17. The van der Waals surface area contributed by atoms with Crippen molar-refractivity contribution >= 4 is 0 Å². The van der Waals surface area contributed by atoms with E-state index in [1.165, 1.54) is 6.07 Å². The van der Waals surface area contributed by atoms with Crippen LogP contribution in [0.15, 0.2) is 23.3 Å². The molecule has 0 spiro atoms. The summed E-state index contributed by atoms with van der Waals surface area (Å²) in [4.78, 5) is 2.53. The second-order valence-electron chi connectivity index (χ2n) is 3.23. The number of aromatic hydroxyl groups is 1. The third kappa shape index (κ3) is 5.57. The number of rotatable bonds is 3. The van der Waals surface area contributed by atoms with E-state index in [0.717, 1.165) is 12.1 Å². The van der Waals surface area contributed by atoms with E-state index in [4.69, 9.17) is 5.53 Å². The third-order valence-corrected chi connectivity index (χ3v) is 1.83. The summed E-state index contributed by atoms with van der Waals surface area (Å²) in [6.07, 6.45) is -4.53. The van der Waals surface area contributed by atoms with Crippen molar-refractivity contribution in [3.05, 3.63) is 34.2 Å². The average Bonchev–Trinajstić information content (AvgIpc) is 2.29. The summed E-state index contributed by atoms with van der Waals surface area (Å²) in [5.41, 5.74) is 8.18. The first-order valence-electron chi connectivity index (χ1n) is 5.01. The van der Waals surface area contributed by atoms with Gasteiger partial charge in [0.05, 0.1) is 5.56 Å². The molecular weight excluding hydrogens is 263 g/mol. The fraction of sp³-hybridized carbons (Fsp3) is 0.273. The van der Waals surface area contributed by atoms with Crippen molar-refractivity contribution in [1.29, 1.82) is 0 Å². The molecule has 19 heavy (non-hydrogen) atoms. The van der Waals surface area contributed by atoms with Crippen molar-refractivity contribution in [2.75, 3.05) is 6.54 Å². The number of alkyl halides is 3. The molecule has 0 heterocycles. The Balaban J connectivity index is 2.74. The van der Waals surface area contributed by atoms with Crippen LogP contribution in [0.5, 0.6) is 11.5 Å². The van der Waals surface area contributed by atoms with Crippen molar-refractivity contribution in [1.82, 2.24) is 0 Å². The van der Waals surface area contributed by atoms with E-state index in [1.54, 1.807) is 0 Å². The summed E-state index contributed by atoms with van der Waals surface area (Å²) in [5.74, 6) is 4.21. The normalized spacial score (nSPS) is 10.1. The number of ether oxygens (including phenoxy) is 1. The minimum Gasteiger partial charge on any atom is -0.507 e. The highest BCUT2D eigenvalue weighted by Gasteiger charge is 2.31. The van der Waals surface area contributed by atoms with E-state index >= 15 is 0 Å². The number of hydrogen-bond donors (Lipinski definition) is 1. The topological polar surface area (TPSA) is 78.2 Å². The van der Waals surface area contributed by atoms with E-state index < -0.39 is 17.9 Å². The molecule has 1 rings (SSSR count). The minimum absolute atomic E-state index is 0.162. The van der Waals surface area contributed by atoms with E-state index in [2.05, 4.69) is 26.6 Å². The molecule has 0 aliphatic heterocycles. The average molecular weight is 271 g/mol. The number of hydrogen-bond acceptors (Lipinski definition) is 3. The van der Waals surface area contributed by atoms with E-state index in [-0.39, 0.29) is 18.5 Å². The summed E-state index contributed by atoms with van der Waals surface area (Å²) in [5, 5.41) is 12.7. The number of azide groups is 1. The highest BCUT2D eigenvalue weighted by Crippen LogP contribution is 2.27. The molecule has 0 aromatic heterocycles. The van der Waals surface area contributed by atoms with Gasteiger partial charge in [-0.1, -0.05) is 17.0 Å². The van der Waals surface area contributed by atoms with Gasteiger partial charge in [0.15, 0.2) is 0 Å². The van der Waals surface area contributed by atoms with Crippen LogP contribution < -0.4 is 4.74 Å². The number of phenolic OH excluding ortho intramolecular Hbond substituents is 1. The molecule has 5 nitrogen and oxygen atoms in total. The van der Waals surface area contributed by atoms with Crippen molar-refractivity contribution in [3.8, 4) is 23.3 Å². The van der Waals surface area contributed by atoms with Crippen molar-refractivity contribution < 1.29 is 23.0 Å². The smallest absolute Gasteiger partial charge is 0.507 e. The van der Waals surface area contributed by atoms with Crippen LogP contribution in [0.1, 0.15) is 12.0 Å². The monoisotopic (exact) mass is 271 g/mol. The molecule has 0 aliphatic carbocycles. The lowest BCUT2D eigenvalue weighted by Gasteiger charge is -2.09. The van der Waals surface area contributed by atoms with Gasteiger partial charge in [-0.05, 0) is 17.7 Å². The molecule has 0 saturated carbocycles. The predicted octanol–water partition coefficient (Wildman–Crippen LogP) is 3.34. The van der Waals surface area contributed by atoms with Crippen molar-refractivity contribution in [3.63, 3.8) is 0 Å². The third-order valence-electron chi connectivity index (χ3n) is 1.83. The first-order chi connectivity index (χ1) is 8.92. The molecule has 0 unspecified atom stereocenters. The van der Waals surface area contributed by atoms with Crippen LogP contribution in [0.2, 0.25) is 0 Å². The van der Waals surface area contributed by atoms with Crippen LogP contribution in [0.4, 0.5) is 13.2 Å². The maximum absolute atomic E-state index is 11.9. The van der Waals surface area contributed by atoms with Crippen LogP contribution in [0.3, 0.4) is 0 Å². The van der Waals surface area contributed by atoms with Gasteiger partial charge in [0.1, 0.15) is 11.5 Å². The Morgan fingerprint density at radius 3 is 2.74 bits per heavy atom. The van der Waals surface area contributed by atoms with Gasteiger partial charge in [0.2, 0.25) is 0 Å². The van der Waals surface area contributed by atoms with Gasteiger partial charge in [-0.15, -0.1) is 13.2 Å². The standard InChI is InChI=1S/C11H8F3N3O2/c12-11(13,14)19-9-5-4-8(10(18)7-9)3-1-2-6-16-17-15/h4-5,7,18H,2,6H2. The number of benzene rings is 1. The van der Waals surface area contributed by atoms with Crippen LogP contribution in [-0.2, 0) is 0 Å². The van der Waals surface area contributed by atoms with Crippen LogP contribution in [0.25, 0.3) is 10.4 Å². The van der Waals surface area contributed by atoms with E-state index in [9.17, 15) is 18.3 Å². The SMILES string of the molecule is [N-]=[N+]=NCCC#Cc1ccc(OC(F)(F)F)cc1O. The van der Waals surface area contributed by atoms with Gasteiger partial charge >= 0.3 is 6.36 Å². The molecule has 1 aromatic rings. The lowest BCUT2D eigenvalue weighted by atomic mass is 10.2. The second kappa shape index (κ2) is 6.42. The van der Waals surface area contributed by atoms with Gasteiger partial charge in [0.25, 0.3) is 0 Å². The fourth-order valence-corrected chi connectivity index (χ4v) is 1.12. The molecule has 0 radical (unpaired) electrons. The second-order valence-corrected chi connectivity index (χ2v) is 3.23. The molecule has 0 amide bonds. The summed E-state index contributed by atoms with van der Waals surface area (Å²) in [7, 11) is 0. The molecule has 8 heteroatoms. The maximum Gasteiger partial charge on any atom is 0.573 e. The highest BCUT2D eigenvalue weighted by molar-refractivity contribution is 5.49. The summed E-state index contributed by atoms with van der Waals surface area (Å²) in [6.45, 7) is 0.180. The molecule has 1 N–H and O–H groups in total. The first kappa shape index (κ1) is 14.5. The summed E-state index contributed by atoms with van der Waals surface area (Å²) >= 11 is 0. The largest absolute Gasteiger partial charge is 0.573 e. The predicted molar refractivity (Wildman–Crippen MR) is 60.3 cm³/mol. The van der Waals surface area contributed by atoms with Gasteiger partial charge in [-0.2, -0.15) is 0 Å². The van der Waals surface area contributed by atoms with Gasteiger partial charge in [-0.25, -0.2) is 0 Å². The van der Waals surface area contributed by atoms with Crippen LogP contribution in [0, 0.1) is 11.8 Å².